The van der Waals surface area contributed by atoms with Crippen molar-refractivity contribution in [2.75, 3.05) is 5.32 Å². The topological polar surface area (TPSA) is 53.5 Å². The highest BCUT2D eigenvalue weighted by atomic mass is 35.5. The van der Waals surface area contributed by atoms with Gasteiger partial charge < -0.3 is 5.32 Å². The van der Waals surface area contributed by atoms with Gasteiger partial charge in [0.25, 0.3) is 0 Å². The molecule has 0 aliphatic heterocycles. The quantitative estimate of drug-likeness (QED) is 0.611. The van der Waals surface area contributed by atoms with E-state index in [-0.39, 0.29) is 0 Å². The molecule has 15 heavy (non-hydrogen) atoms. The fourth-order valence-corrected chi connectivity index (χ4v) is 1.43. The average Bonchev–Trinajstić information content (AvgIpc) is 2.13. The molecule has 0 aliphatic rings. The van der Waals surface area contributed by atoms with Crippen molar-refractivity contribution in [1.29, 1.82) is 0 Å². The van der Waals surface area contributed by atoms with Crippen molar-refractivity contribution in [2.24, 2.45) is 5.10 Å². The summed E-state index contributed by atoms with van der Waals surface area (Å²) in [6, 6.07) is 4.30. The molecule has 0 radical (unpaired) electrons. The van der Waals surface area contributed by atoms with Crippen LogP contribution < -0.4 is 10.7 Å². The number of amides is 2. The summed E-state index contributed by atoms with van der Waals surface area (Å²) in [5.41, 5.74) is 2.76. The summed E-state index contributed by atoms with van der Waals surface area (Å²) in [5.74, 6) is 0. The van der Waals surface area contributed by atoms with Crippen LogP contribution in [0.5, 0.6) is 0 Å². The summed E-state index contributed by atoms with van der Waals surface area (Å²) < 4.78 is 0. The Kier molecular flexibility index (Phi) is 4.39. The molecule has 0 aliphatic carbocycles. The van der Waals surface area contributed by atoms with Gasteiger partial charge in [-0.3, -0.25) is 0 Å². The minimum atomic E-state index is -0.452. The Labute approximate surface area is 97.3 Å². The summed E-state index contributed by atoms with van der Waals surface area (Å²) in [6.45, 7) is 1.69. The van der Waals surface area contributed by atoms with Crippen LogP contribution in [-0.2, 0) is 0 Å². The van der Waals surface area contributed by atoms with E-state index < -0.39 is 6.03 Å². The fraction of sp³-hybridized carbons (Fsp3) is 0.111. The number of hydrogen-bond donors (Lipinski definition) is 2. The van der Waals surface area contributed by atoms with Crippen LogP contribution in [0.3, 0.4) is 0 Å². The summed E-state index contributed by atoms with van der Waals surface area (Å²) in [7, 11) is 0. The molecule has 1 rings (SSSR count). The Morgan fingerprint density at radius 1 is 1.33 bits per heavy atom. The van der Waals surface area contributed by atoms with E-state index in [1.807, 2.05) is 0 Å². The Bertz CT molecular complexity index is 373. The van der Waals surface area contributed by atoms with Crippen LogP contribution in [0.1, 0.15) is 6.92 Å². The van der Waals surface area contributed by atoms with Gasteiger partial charge in [-0.25, -0.2) is 10.2 Å². The highest BCUT2D eigenvalue weighted by Gasteiger charge is 2.02. The second-order valence-corrected chi connectivity index (χ2v) is 3.48. The number of nitrogens with zero attached hydrogens (tertiary/aromatic N) is 1. The highest BCUT2D eigenvalue weighted by Crippen LogP contribution is 2.22. The Hall–Kier alpha value is -1.26. The van der Waals surface area contributed by atoms with E-state index >= 15 is 0 Å². The van der Waals surface area contributed by atoms with E-state index in [4.69, 9.17) is 23.2 Å². The van der Waals surface area contributed by atoms with E-state index in [1.54, 1.807) is 25.1 Å². The van der Waals surface area contributed by atoms with Crippen molar-refractivity contribution in [3.8, 4) is 0 Å². The maximum atomic E-state index is 11.2. The number of halogens is 2. The summed E-state index contributed by atoms with van der Waals surface area (Å²) in [4.78, 5) is 11.2. The molecule has 0 saturated heterocycles. The van der Waals surface area contributed by atoms with Crippen LogP contribution in [0.4, 0.5) is 10.5 Å². The van der Waals surface area contributed by atoms with Gasteiger partial charge in [0.1, 0.15) is 0 Å². The second-order valence-electron chi connectivity index (χ2n) is 2.61. The molecule has 1 aromatic carbocycles. The van der Waals surface area contributed by atoms with Gasteiger partial charge in [-0.1, -0.05) is 23.2 Å². The minimum Gasteiger partial charge on any atom is -0.306 e. The van der Waals surface area contributed by atoms with Gasteiger partial charge in [-0.05, 0) is 25.1 Å². The summed E-state index contributed by atoms with van der Waals surface area (Å²) >= 11 is 11.5. The van der Waals surface area contributed by atoms with E-state index in [1.165, 1.54) is 6.21 Å². The van der Waals surface area contributed by atoms with Gasteiger partial charge in [0.15, 0.2) is 0 Å². The van der Waals surface area contributed by atoms with E-state index in [0.717, 1.165) is 0 Å². The lowest BCUT2D eigenvalue weighted by molar-refractivity contribution is 0.252. The van der Waals surface area contributed by atoms with Crippen molar-refractivity contribution in [3.05, 3.63) is 28.2 Å². The van der Waals surface area contributed by atoms with Crippen molar-refractivity contribution >= 4 is 41.1 Å². The van der Waals surface area contributed by atoms with Gasteiger partial charge >= 0.3 is 6.03 Å². The zero-order valence-corrected chi connectivity index (χ0v) is 9.43. The lowest BCUT2D eigenvalue weighted by Gasteiger charge is -2.04. The fourth-order valence-electron chi connectivity index (χ4n) is 0.908. The van der Waals surface area contributed by atoms with Crippen LogP contribution in [0, 0.1) is 0 Å². The normalized spacial score (nSPS) is 10.3. The Morgan fingerprint density at radius 3 is 2.47 bits per heavy atom. The lowest BCUT2D eigenvalue weighted by atomic mass is 10.3. The SMILES string of the molecule is C/C=N/NC(=O)Nc1cc(Cl)cc(Cl)c1. The number of anilines is 1. The molecule has 0 aromatic heterocycles. The molecule has 0 fully saturated rings. The molecule has 0 saturated carbocycles. The van der Waals surface area contributed by atoms with Crippen LogP contribution in [0.15, 0.2) is 23.3 Å². The molecular formula is C9H9Cl2N3O. The maximum Gasteiger partial charge on any atom is 0.339 e. The Balaban J connectivity index is 2.68. The van der Waals surface area contributed by atoms with Crippen molar-refractivity contribution < 1.29 is 4.79 Å². The highest BCUT2D eigenvalue weighted by molar-refractivity contribution is 6.35. The molecule has 6 heteroatoms. The van der Waals surface area contributed by atoms with E-state index in [2.05, 4.69) is 15.8 Å². The van der Waals surface area contributed by atoms with Gasteiger partial charge in [0.05, 0.1) is 0 Å². The third-order valence-corrected chi connectivity index (χ3v) is 1.85. The van der Waals surface area contributed by atoms with E-state index in [0.29, 0.717) is 15.7 Å². The molecule has 4 nitrogen and oxygen atoms in total. The first-order valence-electron chi connectivity index (χ1n) is 4.12. The molecule has 0 spiro atoms. The van der Waals surface area contributed by atoms with Gasteiger partial charge in [-0.2, -0.15) is 5.10 Å². The number of carbonyl (C=O) groups is 1. The predicted molar refractivity (Wildman–Crippen MR) is 62.8 cm³/mol. The number of carbonyl (C=O) groups excluding carboxylic acids is 1. The van der Waals surface area contributed by atoms with Gasteiger partial charge in [0, 0.05) is 21.9 Å². The predicted octanol–water partition coefficient (Wildman–Crippen LogP) is 3.12. The minimum absolute atomic E-state index is 0.452. The lowest BCUT2D eigenvalue weighted by Crippen LogP contribution is -2.23. The van der Waals surface area contributed by atoms with Crippen LogP contribution >= 0.6 is 23.2 Å². The summed E-state index contributed by atoms with van der Waals surface area (Å²) in [5, 5.41) is 7.00. The average molecular weight is 246 g/mol. The molecule has 1 aromatic rings. The van der Waals surface area contributed by atoms with Crippen molar-refractivity contribution in [1.82, 2.24) is 5.43 Å². The first-order chi connectivity index (χ1) is 7.11. The van der Waals surface area contributed by atoms with Crippen LogP contribution in [0.25, 0.3) is 0 Å². The van der Waals surface area contributed by atoms with Crippen LogP contribution in [0.2, 0.25) is 10.0 Å². The number of hydrazone groups is 1. The zero-order chi connectivity index (χ0) is 11.3. The molecule has 2 amide bonds. The number of hydrogen-bond acceptors (Lipinski definition) is 2. The smallest absolute Gasteiger partial charge is 0.306 e. The molecular weight excluding hydrogens is 237 g/mol. The number of rotatable bonds is 2. The van der Waals surface area contributed by atoms with Crippen molar-refractivity contribution in [3.63, 3.8) is 0 Å². The second kappa shape index (κ2) is 5.58. The first-order valence-corrected chi connectivity index (χ1v) is 4.88. The number of urea groups is 1. The molecule has 0 heterocycles. The van der Waals surface area contributed by atoms with E-state index in [9.17, 15) is 4.79 Å². The molecule has 80 valence electrons. The van der Waals surface area contributed by atoms with Gasteiger partial charge in [0.2, 0.25) is 0 Å². The molecule has 0 bridgehead atoms. The third-order valence-electron chi connectivity index (χ3n) is 1.42. The first kappa shape index (κ1) is 11.8. The number of nitrogens with one attached hydrogen (secondary N) is 2. The molecule has 2 N–H and O–H groups in total. The molecule has 0 atom stereocenters. The third kappa shape index (κ3) is 4.18. The van der Waals surface area contributed by atoms with Gasteiger partial charge in [-0.15, -0.1) is 0 Å². The standard InChI is InChI=1S/C9H9Cl2N3O/c1-2-12-14-9(15)13-8-4-6(10)3-7(11)5-8/h2-5H,1H3,(H2,13,14,15)/b12-2+. The summed E-state index contributed by atoms with van der Waals surface area (Å²) in [6.07, 6.45) is 1.46. The largest absolute Gasteiger partial charge is 0.339 e. The maximum absolute atomic E-state index is 11.2. The van der Waals surface area contributed by atoms with Crippen molar-refractivity contribution in [2.45, 2.75) is 6.92 Å². The molecule has 0 unspecified atom stereocenters. The monoisotopic (exact) mass is 245 g/mol. The Morgan fingerprint density at radius 2 is 1.93 bits per heavy atom. The number of benzene rings is 1. The van der Waals surface area contributed by atoms with Crippen LogP contribution in [-0.4, -0.2) is 12.2 Å². The zero-order valence-electron chi connectivity index (χ0n) is 7.92.